The summed E-state index contributed by atoms with van der Waals surface area (Å²) in [6.45, 7) is 3.06. The zero-order valence-corrected chi connectivity index (χ0v) is 14.0. The highest BCUT2D eigenvalue weighted by Gasteiger charge is 2.27. The van der Waals surface area contributed by atoms with E-state index in [1.807, 2.05) is 18.2 Å². The zero-order valence-electron chi connectivity index (χ0n) is 11.7. The molecule has 3 rings (SSSR count). The fraction of sp³-hybridized carbons (Fsp3) is 0.429. The maximum absolute atomic E-state index is 6.13. The first-order valence-electron chi connectivity index (χ1n) is 6.95. The van der Waals surface area contributed by atoms with E-state index in [1.54, 1.807) is 0 Å². The van der Waals surface area contributed by atoms with Gasteiger partial charge in [0.2, 0.25) is 5.95 Å². The highest BCUT2D eigenvalue weighted by molar-refractivity contribution is 9.10. The summed E-state index contributed by atoms with van der Waals surface area (Å²) in [4.78, 5) is 6.76. The molecule has 1 aromatic heterocycles. The van der Waals surface area contributed by atoms with Crippen molar-refractivity contribution < 1.29 is 0 Å². The Morgan fingerprint density at radius 3 is 3.00 bits per heavy atom. The third-order valence-corrected chi connectivity index (χ3v) is 4.59. The van der Waals surface area contributed by atoms with E-state index < -0.39 is 0 Å². The summed E-state index contributed by atoms with van der Waals surface area (Å²) in [5.41, 5.74) is 7.04. The van der Waals surface area contributed by atoms with Gasteiger partial charge in [0.25, 0.3) is 0 Å². The van der Waals surface area contributed by atoms with Crippen LogP contribution in [0.5, 0.6) is 0 Å². The summed E-state index contributed by atoms with van der Waals surface area (Å²) in [6.07, 6.45) is 2.12. The molecule has 2 aromatic rings. The molecule has 0 saturated carbocycles. The number of nitrogens with two attached hydrogens (primary N) is 1. The molecule has 2 unspecified atom stereocenters. The number of piperidine rings is 1. The number of rotatable bonds is 2. The normalized spacial score (nSPS) is 22.6. The highest BCUT2D eigenvalue weighted by atomic mass is 79.9. The van der Waals surface area contributed by atoms with Crippen LogP contribution in [0.1, 0.15) is 19.8 Å². The van der Waals surface area contributed by atoms with Crippen molar-refractivity contribution in [2.75, 3.05) is 11.4 Å². The van der Waals surface area contributed by atoms with Gasteiger partial charge in [-0.05, 0) is 38.0 Å². The largest absolute Gasteiger partial charge is 0.335 e. The smallest absolute Gasteiger partial charge is 0.245 e. The second-order valence-electron chi connectivity index (χ2n) is 5.38. The van der Waals surface area contributed by atoms with Crippen LogP contribution in [0.2, 0.25) is 5.02 Å². The van der Waals surface area contributed by atoms with Gasteiger partial charge in [-0.1, -0.05) is 27.5 Å². The molecule has 0 amide bonds. The third-order valence-electron chi connectivity index (χ3n) is 3.91. The molecule has 21 heavy (non-hydrogen) atoms. The number of benzene rings is 1. The fourth-order valence-electron chi connectivity index (χ4n) is 2.66. The predicted octanol–water partition coefficient (Wildman–Crippen LogP) is 3.20. The van der Waals surface area contributed by atoms with Crippen LogP contribution in [0.25, 0.3) is 11.4 Å². The van der Waals surface area contributed by atoms with E-state index >= 15 is 0 Å². The predicted molar refractivity (Wildman–Crippen MR) is 88.5 cm³/mol. The van der Waals surface area contributed by atoms with Gasteiger partial charge in [0, 0.05) is 33.7 Å². The number of H-pyrrole nitrogens is 1. The molecule has 0 spiro atoms. The summed E-state index contributed by atoms with van der Waals surface area (Å²) < 4.78 is 0.913. The molecular weight excluding hydrogens is 354 g/mol. The van der Waals surface area contributed by atoms with Crippen molar-refractivity contribution >= 4 is 33.5 Å². The minimum atomic E-state index is 0.168. The Balaban J connectivity index is 1.89. The van der Waals surface area contributed by atoms with Crippen LogP contribution in [0.3, 0.4) is 0 Å². The number of halogens is 2. The molecule has 0 radical (unpaired) electrons. The maximum Gasteiger partial charge on any atom is 0.245 e. The molecule has 0 aliphatic carbocycles. The Morgan fingerprint density at radius 2 is 2.24 bits per heavy atom. The Kier molecular flexibility index (Phi) is 4.19. The van der Waals surface area contributed by atoms with Crippen molar-refractivity contribution in [2.24, 2.45) is 5.73 Å². The Hall–Kier alpha value is -1.11. The Labute approximate surface area is 137 Å². The summed E-state index contributed by atoms with van der Waals surface area (Å²) in [7, 11) is 0. The fourth-order valence-corrected chi connectivity index (χ4v) is 3.52. The van der Waals surface area contributed by atoms with Crippen molar-refractivity contribution in [2.45, 2.75) is 31.8 Å². The van der Waals surface area contributed by atoms with Crippen LogP contribution in [0.4, 0.5) is 5.95 Å². The lowest BCUT2D eigenvalue weighted by Gasteiger charge is -2.36. The molecule has 1 fully saturated rings. The topological polar surface area (TPSA) is 70.8 Å². The van der Waals surface area contributed by atoms with Crippen LogP contribution in [0.15, 0.2) is 22.7 Å². The summed E-state index contributed by atoms with van der Waals surface area (Å²) in [5.74, 6) is 1.41. The molecule has 112 valence electrons. The molecular formula is C14H17BrClN5. The van der Waals surface area contributed by atoms with Gasteiger partial charge in [0.05, 0.1) is 0 Å². The van der Waals surface area contributed by atoms with Gasteiger partial charge in [-0.15, -0.1) is 5.10 Å². The number of nitrogens with one attached hydrogen (secondary N) is 1. The first kappa shape index (κ1) is 14.8. The zero-order chi connectivity index (χ0) is 15.0. The lowest BCUT2D eigenvalue weighted by Crippen LogP contribution is -2.50. The number of aromatic amines is 1. The van der Waals surface area contributed by atoms with Gasteiger partial charge < -0.3 is 10.6 Å². The summed E-state index contributed by atoms with van der Waals surface area (Å²) in [6, 6.07) is 6.08. The molecule has 1 aliphatic rings. The highest BCUT2D eigenvalue weighted by Crippen LogP contribution is 2.27. The van der Waals surface area contributed by atoms with Crippen LogP contribution in [0, 0.1) is 0 Å². The van der Waals surface area contributed by atoms with E-state index in [0.717, 1.165) is 29.4 Å². The van der Waals surface area contributed by atoms with E-state index in [-0.39, 0.29) is 12.1 Å². The number of aromatic nitrogens is 3. The minimum Gasteiger partial charge on any atom is -0.335 e. The van der Waals surface area contributed by atoms with Crippen LogP contribution in [-0.4, -0.2) is 33.8 Å². The molecule has 5 nitrogen and oxygen atoms in total. The SMILES string of the molecule is CC1C(N)CCCN1c1n[nH]c(-c2cc(Cl)cc(Br)c2)n1. The van der Waals surface area contributed by atoms with Crippen LogP contribution >= 0.6 is 27.5 Å². The van der Waals surface area contributed by atoms with Crippen molar-refractivity contribution in [3.8, 4) is 11.4 Å². The molecule has 1 aliphatic heterocycles. The monoisotopic (exact) mass is 369 g/mol. The van der Waals surface area contributed by atoms with Crippen molar-refractivity contribution in [3.05, 3.63) is 27.7 Å². The van der Waals surface area contributed by atoms with Crippen LogP contribution in [-0.2, 0) is 0 Å². The first-order valence-corrected chi connectivity index (χ1v) is 8.13. The number of hydrogen-bond acceptors (Lipinski definition) is 4. The van der Waals surface area contributed by atoms with Gasteiger partial charge in [0.15, 0.2) is 5.82 Å². The first-order chi connectivity index (χ1) is 10.0. The molecule has 2 atom stereocenters. The maximum atomic E-state index is 6.13. The van der Waals surface area contributed by atoms with Crippen molar-refractivity contribution in [1.82, 2.24) is 15.2 Å². The standard InChI is InChI=1S/C14H17BrClN5/c1-8-12(17)3-2-4-21(8)14-18-13(19-20-14)9-5-10(15)7-11(16)6-9/h5-8,12H,2-4,17H2,1H3,(H,18,19,20). The van der Waals surface area contributed by atoms with Gasteiger partial charge in [-0.2, -0.15) is 4.98 Å². The van der Waals surface area contributed by atoms with E-state index in [9.17, 15) is 0 Å². The lowest BCUT2D eigenvalue weighted by molar-refractivity contribution is 0.416. The molecule has 1 saturated heterocycles. The van der Waals surface area contributed by atoms with Gasteiger partial charge >= 0.3 is 0 Å². The minimum absolute atomic E-state index is 0.168. The molecule has 2 heterocycles. The molecule has 3 N–H and O–H groups in total. The second-order valence-corrected chi connectivity index (χ2v) is 6.73. The van der Waals surface area contributed by atoms with Crippen LogP contribution < -0.4 is 10.6 Å². The van der Waals surface area contributed by atoms with E-state index in [1.165, 1.54) is 0 Å². The average molecular weight is 371 g/mol. The van der Waals surface area contributed by atoms with Gasteiger partial charge in [-0.3, -0.25) is 5.10 Å². The van der Waals surface area contributed by atoms with E-state index in [2.05, 4.69) is 42.9 Å². The lowest BCUT2D eigenvalue weighted by atomic mass is 9.99. The molecule has 1 aromatic carbocycles. The van der Waals surface area contributed by atoms with E-state index in [4.69, 9.17) is 17.3 Å². The third kappa shape index (κ3) is 3.07. The quantitative estimate of drug-likeness (QED) is 0.851. The number of anilines is 1. The molecule has 7 heteroatoms. The van der Waals surface area contributed by atoms with Gasteiger partial charge in [0.1, 0.15) is 0 Å². The second kappa shape index (κ2) is 5.94. The van der Waals surface area contributed by atoms with Crippen molar-refractivity contribution in [1.29, 1.82) is 0 Å². The van der Waals surface area contributed by atoms with E-state index in [0.29, 0.717) is 16.8 Å². The summed E-state index contributed by atoms with van der Waals surface area (Å²) in [5, 5.41) is 7.98. The average Bonchev–Trinajstić information content (AvgIpc) is 2.90. The van der Waals surface area contributed by atoms with Gasteiger partial charge in [-0.25, -0.2) is 0 Å². The van der Waals surface area contributed by atoms with Crippen molar-refractivity contribution in [3.63, 3.8) is 0 Å². The molecule has 0 bridgehead atoms. The number of hydrogen-bond donors (Lipinski definition) is 2. The number of nitrogens with zero attached hydrogens (tertiary/aromatic N) is 3. The Morgan fingerprint density at radius 1 is 1.43 bits per heavy atom. The summed E-state index contributed by atoms with van der Waals surface area (Å²) >= 11 is 9.52. The Bertz CT molecular complexity index is 624.